The van der Waals surface area contributed by atoms with Crippen LogP contribution < -0.4 is 10.1 Å². The number of Topliss-reactive ketones (excluding diaryl/α,β-unsaturated/α-hetero) is 1. The second kappa shape index (κ2) is 9.13. The molecule has 2 heterocycles. The van der Waals surface area contributed by atoms with Crippen LogP contribution in [0.3, 0.4) is 0 Å². The molecular formula is C26H30N4O4. The Balaban J connectivity index is 1.37. The van der Waals surface area contributed by atoms with Gasteiger partial charge in [-0.2, -0.15) is 5.26 Å². The lowest BCUT2D eigenvalue weighted by molar-refractivity contribution is -0.127. The molecule has 2 N–H and O–H groups in total. The largest absolute Gasteiger partial charge is 0.496 e. The molecule has 2 aliphatic carbocycles. The number of hydrogen-bond donors (Lipinski definition) is 2. The van der Waals surface area contributed by atoms with Gasteiger partial charge in [0.25, 0.3) is 5.91 Å². The second-order valence-electron chi connectivity index (χ2n) is 9.84. The Hall–Kier alpha value is -3.34. The number of ether oxygens (including phenoxy) is 1. The van der Waals surface area contributed by atoms with Gasteiger partial charge >= 0.3 is 0 Å². The van der Waals surface area contributed by atoms with Crippen LogP contribution in [0.15, 0.2) is 24.3 Å². The number of H-pyrrole nitrogens is 1. The highest BCUT2D eigenvalue weighted by Crippen LogP contribution is 2.43. The number of benzene rings is 1. The summed E-state index contributed by atoms with van der Waals surface area (Å²) in [4.78, 5) is 44.0. The number of likely N-dealkylation sites (tertiary alicyclic amines) is 1. The maximum absolute atomic E-state index is 13.6. The quantitative estimate of drug-likeness (QED) is 0.684. The smallest absolute Gasteiger partial charge is 0.271 e. The van der Waals surface area contributed by atoms with Gasteiger partial charge in [0, 0.05) is 29.8 Å². The monoisotopic (exact) mass is 462 g/mol. The van der Waals surface area contributed by atoms with Gasteiger partial charge in [0.15, 0.2) is 0 Å². The summed E-state index contributed by atoms with van der Waals surface area (Å²) >= 11 is 0. The molecule has 0 unspecified atom stereocenters. The topological polar surface area (TPSA) is 115 Å². The minimum Gasteiger partial charge on any atom is -0.496 e. The van der Waals surface area contributed by atoms with E-state index >= 15 is 0 Å². The zero-order valence-electron chi connectivity index (χ0n) is 19.4. The fraction of sp³-hybridized carbons (Fsp3) is 0.538. The Morgan fingerprint density at radius 1 is 1.29 bits per heavy atom. The van der Waals surface area contributed by atoms with Crippen molar-refractivity contribution in [1.29, 1.82) is 5.26 Å². The lowest BCUT2D eigenvalue weighted by Gasteiger charge is -2.28. The summed E-state index contributed by atoms with van der Waals surface area (Å²) in [6.45, 7) is 0.534. The molecule has 1 saturated heterocycles. The minimum atomic E-state index is -0.728. The number of hydrogen-bond acceptors (Lipinski definition) is 5. The summed E-state index contributed by atoms with van der Waals surface area (Å²) in [5.74, 6) is 0.578. The minimum absolute atomic E-state index is 0.0929. The normalized spacial score (nSPS) is 26.9. The van der Waals surface area contributed by atoms with Crippen LogP contribution in [0.2, 0.25) is 0 Å². The number of amides is 2. The second-order valence-corrected chi connectivity index (χ2v) is 9.84. The molecule has 5 atom stereocenters. The van der Waals surface area contributed by atoms with Crippen molar-refractivity contribution in [3.05, 3.63) is 30.0 Å². The van der Waals surface area contributed by atoms with Crippen molar-refractivity contribution in [2.45, 2.75) is 57.0 Å². The van der Waals surface area contributed by atoms with Crippen molar-refractivity contribution in [2.24, 2.45) is 17.8 Å². The predicted octanol–water partition coefficient (Wildman–Crippen LogP) is 3.18. The van der Waals surface area contributed by atoms with E-state index in [1.54, 1.807) is 18.1 Å². The van der Waals surface area contributed by atoms with Crippen LogP contribution >= 0.6 is 0 Å². The standard InChI is InChI=1S/C26H30N4O4/c1-34-23-10-4-8-20-19(23)12-21(29-20)26(33)30-14-16-6-2-7-18(16)24(30)25(32)28-17(13-27)11-15-5-3-9-22(15)31/h4,8,10,12,15-18,24,29H,2-3,5-7,9,11,14H2,1H3,(H,28,32)/t15-,16+,17-,18+,24-/m0/s1. The molecule has 0 radical (unpaired) electrons. The fourth-order valence-corrected chi connectivity index (χ4v) is 6.25. The first-order valence-electron chi connectivity index (χ1n) is 12.2. The fourth-order valence-electron chi connectivity index (χ4n) is 6.25. The van der Waals surface area contributed by atoms with Gasteiger partial charge in [0.1, 0.15) is 29.3 Å². The van der Waals surface area contributed by atoms with Crippen LogP contribution in [0.1, 0.15) is 55.4 Å². The maximum Gasteiger partial charge on any atom is 0.271 e. The van der Waals surface area contributed by atoms with Crippen molar-refractivity contribution < 1.29 is 19.1 Å². The molecule has 3 aliphatic rings. The molecule has 2 amide bonds. The predicted molar refractivity (Wildman–Crippen MR) is 125 cm³/mol. The highest BCUT2D eigenvalue weighted by molar-refractivity contribution is 6.02. The molecule has 2 saturated carbocycles. The molecule has 3 fully saturated rings. The number of rotatable bonds is 6. The number of carbonyl (C=O) groups excluding carboxylic acids is 3. The van der Waals surface area contributed by atoms with E-state index in [1.165, 1.54) is 0 Å². The number of fused-ring (bicyclic) bond motifs is 2. The Morgan fingerprint density at radius 3 is 2.88 bits per heavy atom. The zero-order chi connectivity index (χ0) is 23.8. The van der Waals surface area contributed by atoms with Gasteiger partial charge in [-0.15, -0.1) is 0 Å². The number of aromatic nitrogens is 1. The van der Waals surface area contributed by atoms with E-state index in [9.17, 15) is 19.6 Å². The zero-order valence-corrected chi connectivity index (χ0v) is 19.4. The Kier molecular flexibility index (Phi) is 6.03. The molecule has 0 spiro atoms. The Labute approximate surface area is 198 Å². The third-order valence-corrected chi connectivity index (χ3v) is 7.92. The molecule has 1 aliphatic heterocycles. The van der Waals surface area contributed by atoms with Gasteiger partial charge in [0.2, 0.25) is 5.91 Å². The molecule has 178 valence electrons. The Bertz CT molecular complexity index is 1170. The lowest BCUT2D eigenvalue weighted by Crippen LogP contribution is -2.51. The molecule has 5 rings (SSSR count). The van der Waals surface area contributed by atoms with Gasteiger partial charge in [-0.1, -0.05) is 12.5 Å². The van der Waals surface area contributed by atoms with Gasteiger partial charge in [-0.3, -0.25) is 14.4 Å². The summed E-state index contributed by atoms with van der Waals surface area (Å²) in [6, 6.07) is 8.20. The van der Waals surface area contributed by atoms with E-state index in [2.05, 4.69) is 16.4 Å². The first-order valence-corrected chi connectivity index (χ1v) is 12.2. The molecule has 1 aromatic heterocycles. The van der Waals surface area contributed by atoms with Crippen molar-refractivity contribution in [3.63, 3.8) is 0 Å². The van der Waals surface area contributed by atoms with E-state index in [4.69, 9.17) is 4.74 Å². The number of nitrogens with zero attached hydrogens (tertiary/aromatic N) is 2. The lowest BCUT2D eigenvalue weighted by atomic mass is 9.92. The van der Waals surface area contributed by atoms with Crippen molar-refractivity contribution >= 4 is 28.5 Å². The van der Waals surface area contributed by atoms with Crippen LogP contribution in [0.25, 0.3) is 10.9 Å². The highest BCUT2D eigenvalue weighted by atomic mass is 16.5. The van der Waals surface area contributed by atoms with Crippen LogP contribution in [0, 0.1) is 29.1 Å². The molecule has 34 heavy (non-hydrogen) atoms. The number of nitriles is 1. The number of ketones is 1. The van der Waals surface area contributed by atoms with Crippen molar-refractivity contribution in [1.82, 2.24) is 15.2 Å². The van der Waals surface area contributed by atoms with Gasteiger partial charge in [0.05, 0.1) is 13.2 Å². The molecule has 2 aromatic rings. The first kappa shape index (κ1) is 22.5. The van der Waals surface area contributed by atoms with Gasteiger partial charge < -0.3 is 19.9 Å². The van der Waals surface area contributed by atoms with Crippen molar-refractivity contribution in [3.8, 4) is 11.8 Å². The highest BCUT2D eigenvalue weighted by Gasteiger charge is 2.50. The molecule has 8 nitrogen and oxygen atoms in total. The Morgan fingerprint density at radius 2 is 2.15 bits per heavy atom. The third-order valence-electron chi connectivity index (χ3n) is 7.92. The number of carbonyl (C=O) groups is 3. The SMILES string of the molecule is COc1cccc2[nH]c(C(=O)N3C[C@H]4CCC[C@H]4[C@H]3C(=O)N[C@H](C#N)C[C@@H]3CCCC3=O)cc12. The third kappa shape index (κ3) is 3.93. The van der Waals surface area contributed by atoms with Gasteiger partial charge in [-0.05, 0) is 62.1 Å². The van der Waals surface area contributed by atoms with Gasteiger partial charge in [-0.25, -0.2) is 0 Å². The van der Waals surface area contributed by atoms with Crippen molar-refractivity contribution in [2.75, 3.05) is 13.7 Å². The average molecular weight is 463 g/mol. The van der Waals surface area contributed by atoms with E-state index in [1.807, 2.05) is 18.2 Å². The van der Waals surface area contributed by atoms with E-state index in [0.29, 0.717) is 30.8 Å². The van der Waals surface area contributed by atoms with Crippen LogP contribution in [0.5, 0.6) is 5.75 Å². The molecule has 0 bridgehead atoms. The summed E-state index contributed by atoms with van der Waals surface area (Å²) < 4.78 is 5.42. The summed E-state index contributed by atoms with van der Waals surface area (Å²) in [5.41, 5.74) is 1.22. The summed E-state index contributed by atoms with van der Waals surface area (Å²) in [6.07, 6.45) is 5.46. The maximum atomic E-state index is 13.6. The average Bonchev–Trinajstić information content (AvgIpc) is 3.61. The van der Waals surface area contributed by atoms with Crippen LogP contribution in [-0.2, 0) is 9.59 Å². The summed E-state index contributed by atoms with van der Waals surface area (Å²) in [7, 11) is 1.59. The van der Waals surface area contributed by atoms with Crippen LogP contribution in [0.4, 0.5) is 0 Å². The molecule has 1 aromatic carbocycles. The summed E-state index contributed by atoms with van der Waals surface area (Å²) in [5, 5.41) is 13.4. The first-order chi connectivity index (χ1) is 16.5. The molecule has 8 heteroatoms. The molecular weight excluding hydrogens is 432 g/mol. The van der Waals surface area contributed by atoms with Crippen LogP contribution in [-0.4, -0.2) is 53.2 Å². The number of nitrogens with one attached hydrogen (secondary N) is 2. The van der Waals surface area contributed by atoms with E-state index < -0.39 is 12.1 Å². The van der Waals surface area contributed by atoms with E-state index in [0.717, 1.165) is 43.0 Å². The van der Waals surface area contributed by atoms with E-state index in [-0.39, 0.29) is 35.4 Å². The number of aromatic amines is 1. The number of methoxy groups -OCH3 is 1.